The summed E-state index contributed by atoms with van der Waals surface area (Å²) in [7, 11) is 0. The minimum atomic E-state index is 0.496. The Bertz CT molecular complexity index is 424. The zero-order valence-electron chi connectivity index (χ0n) is 8.57. The zero-order chi connectivity index (χ0) is 10.1. The maximum Gasteiger partial charge on any atom is 0.111 e. The van der Waals surface area contributed by atoms with Gasteiger partial charge < -0.3 is 5.32 Å². The molecule has 1 atom stereocenters. The van der Waals surface area contributed by atoms with Gasteiger partial charge in [0.05, 0.1) is 16.3 Å². The molecule has 0 saturated carbocycles. The SMILES string of the molecule is c1ccc2sc([C@H]3CCCCN3)nc2c1. The highest BCUT2D eigenvalue weighted by molar-refractivity contribution is 7.18. The van der Waals surface area contributed by atoms with Crippen molar-refractivity contribution in [1.29, 1.82) is 0 Å². The van der Waals surface area contributed by atoms with Crippen molar-refractivity contribution >= 4 is 21.6 Å². The van der Waals surface area contributed by atoms with Crippen LogP contribution in [0.4, 0.5) is 0 Å². The van der Waals surface area contributed by atoms with E-state index in [9.17, 15) is 0 Å². The van der Waals surface area contributed by atoms with E-state index in [0.29, 0.717) is 6.04 Å². The third-order valence-corrected chi connectivity index (χ3v) is 4.07. The highest BCUT2D eigenvalue weighted by Gasteiger charge is 2.18. The Morgan fingerprint density at radius 3 is 3.00 bits per heavy atom. The summed E-state index contributed by atoms with van der Waals surface area (Å²) in [5, 5.41) is 4.80. The number of piperidine rings is 1. The fourth-order valence-corrected chi connectivity index (χ4v) is 3.18. The lowest BCUT2D eigenvalue weighted by atomic mass is 10.1. The maximum absolute atomic E-state index is 4.69. The Morgan fingerprint density at radius 1 is 1.27 bits per heavy atom. The molecule has 1 saturated heterocycles. The molecule has 0 unspecified atom stereocenters. The monoisotopic (exact) mass is 218 g/mol. The van der Waals surface area contributed by atoms with Crippen LogP contribution in [-0.2, 0) is 0 Å². The molecule has 2 aromatic rings. The summed E-state index contributed by atoms with van der Waals surface area (Å²) in [6.07, 6.45) is 3.87. The third-order valence-electron chi connectivity index (χ3n) is 2.92. The molecule has 0 radical (unpaired) electrons. The largest absolute Gasteiger partial charge is 0.308 e. The summed E-state index contributed by atoms with van der Waals surface area (Å²) < 4.78 is 1.31. The van der Waals surface area contributed by atoms with Crippen molar-refractivity contribution in [2.45, 2.75) is 25.3 Å². The zero-order valence-corrected chi connectivity index (χ0v) is 9.39. The highest BCUT2D eigenvalue weighted by atomic mass is 32.1. The van der Waals surface area contributed by atoms with Crippen molar-refractivity contribution in [3.63, 3.8) is 0 Å². The second-order valence-electron chi connectivity index (χ2n) is 4.02. The predicted octanol–water partition coefficient (Wildman–Crippen LogP) is 3.11. The number of fused-ring (bicyclic) bond motifs is 1. The maximum atomic E-state index is 4.69. The van der Waals surface area contributed by atoms with E-state index in [0.717, 1.165) is 12.1 Å². The Labute approximate surface area is 93.3 Å². The first kappa shape index (κ1) is 9.31. The van der Waals surface area contributed by atoms with E-state index in [1.165, 1.54) is 29.0 Å². The van der Waals surface area contributed by atoms with Gasteiger partial charge in [-0.1, -0.05) is 18.6 Å². The summed E-state index contributed by atoms with van der Waals surface area (Å²) in [5.41, 5.74) is 1.14. The number of benzene rings is 1. The van der Waals surface area contributed by atoms with E-state index in [1.807, 2.05) is 11.3 Å². The number of thiazole rings is 1. The van der Waals surface area contributed by atoms with Crippen LogP contribution in [0.3, 0.4) is 0 Å². The Kier molecular flexibility index (Phi) is 2.43. The quantitative estimate of drug-likeness (QED) is 0.795. The summed E-state index contributed by atoms with van der Waals surface area (Å²) in [5.74, 6) is 0. The molecule has 1 aromatic carbocycles. The van der Waals surface area contributed by atoms with Gasteiger partial charge in [-0.25, -0.2) is 4.98 Å². The van der Waals surface area contributed by atoms with Crippen molar-refractivity contribution < 1.29 is 0 Å². The molecule has 0 aliphatic carbocycles. The van der Waals surface area contributed by atoms with Gasteiger partial charge >= 0.3 is 0 Å². The number of rotatable bonds is 1. The summed E-state index contributed by atoms with van der Waals surface area (Å²) >= 11 is 1.83. The van der Waals surface area contributed by atoms with Crippen LogP contribution in [0, 0.1) is 0 Å². The Hall–Kier alpha value is -0.930. The molecule has 1 N–H and O–H groups in total. The van der Waals surface area contributed by atoms with E-state index in [-0.39, 0.29) is 0 Å². The minimum absolute atomic E-state index is 0.496. The lowest BCUT2D eigenvalue weighted by molar-refractivity contribution is 0.411. The van der Waals surface area contributed by atoms with Gasteiger partial charge in [0.25, 0.3) is 0 Å². The van der Waals surface area contributed by atoms with Gasteiger partial charge in [0.1, 0.15) is 5.01 Å². The summed E-state index contributed by atoms with van der Waals surface area (Å²) in [6.45, 7) is 1.14. The lowest BCUT2D eigenvalue weighted by Crippen LogP contribution is -2.26. The normalized spacial score (nSPS) is 22.0. The second-order valence-corrected chi connectivity index (χ2v) is 5.08. The van der Waals surface area contributed by atoms with Gasteiger partial charge in [0.2, 0.25) is 0 Å². The van der Waals surface area contributed by atoms with E-state index in [4.69, 9.17) is 4.98 Å². The molecule has 0 amide bonds. The Balaban J connectivity index is 1.96. The molecular formula is C12H14N2S. The molecule has 0 bridgehead atoms. The summed E-state index contributed by atoms with van der Waals surface area (Å²) in [6, 6.07) is 8.88. The van der Waals surface area contributed by atoms with Crippen LogP contribution in [0.5, 0.6) is 0 Å². The third kappa shape index (κ3) is 1.77. The van der Waals surface area contributed by atoms with Gasteiger partial charge in [0.15, 0.2) is 0 Å². The number of nitrogens with one attached hydrogen (secondary N) is 1. The fourth-order valence-electron chi connectivity index (χ4n) is 2.10. The van der Waals surface area contributed by atoms with Crippen molar-refractivity contribution in [2.75, 3.05) is 6.54 Å². The van der Waals surface area contributed by atoms with E-state index >= 15 is 0 Å². The van der Waals surface area contributed by atoms with Crippen LogP contribution in [0.1, 0.15) is 30.3 Å². The molecule has 1 aromatic heterocycles. The highest BCUT2D eigenvalue weighted by Crippen LogP contribution is 2.30. The lowest BCUT2D eigenvalue weighted by Gasteiger charge is -2.20. The first-order valence-corrected chi connectivity index (χ1v) is 6.34. The van der Waals surface area contributed by atoms with Crippen LogP contribution in [0.25, 0.3) is 10.2 Å². The van der Waals surface area contributed by atoms with Crippen LogP contribution in [0.15, 0.2) is 24.3 Å². The number of aromatic nitrogens is 1. The molecule has 1 aliphatic rings. The van der Waals surface area contributed by atoms with E-state index in [1.54, 1.807) is 0 Å². The molecule has 3 rings (SSSR count). The fraction of sp³-hybridized carbons (Fsp3) is 0.417. The van der Waals surface area contributed by atoms with Crippen molar-refractivity contribution in [3.05, 3.63) is 29.3 Å². The molecule has 2 heterocycles. The van der Waals surface area contributed by atoms with E-state index in [2.05, 4.69) is 29.6 Å². The Morgan fingerprint density at radius 2 is 2.20 bits per heavy atom. The van der Waals surface area contributed by atoms with Crippen molar-refractivity contribution in [1.82, 2.24) is 10.3 Å². The number of nitrogens with zero attached hydrogens (tertiary/aromatic N) is 1. The molecule has 78 valence electrons. The number of hydrogen-bond donors (Lipinski definition) is 1. The van der Waals surface area contributed by atoms with Gasteiger partial charge in [-0.2, -0.15) is 0 Å². The number of para-hydroxylation sites is 1. The first-order valence-electron chi connectivity index (χ1n) is 5.52. The summed E-state index contributed by atoms with van der Waals surface area (Å²) in [4.78, 5) is 4.69. The smallest absolute Gasteiger partial charge is 0.111 e. The second kappa shape index (κ2) is 3.91. The molecule has 15 heavy (non-hydrogen) atoms. The van der Waals surface area contributed by atoms with Crippen LogP contribution in [-0.4, -0.2) is 11.5 Å². The van der Waals surface area contributed by atoms with Crippen LogP contribution >= 0.6 is 11.3 Å². The minimum Gasteiger partial charge on any atom is -0.308 e. The van der Waals surface area contributed by atoms with Crippen LogP contribution < -0.4 is 5.32 Å². The molecule has 0 spiro atoms. The molecule has 2 nitrogen and oxygen atoms in total. The van der Waals surface area contributed by atoms with Crippen LogP contribution in [0.2, 0.25) is 0 Å². The molecule has 1 fully saturated rings. The van der Waals surface area contributed by atoms with Gasteiger partial charge in [-0.15, -0.1) is 11.3 Å². The average molecular weight is 218 g/mol. The predicted molar refractivity (Wildman–Crippen MR) is 64.2 cm³/mol. The van der Waals surface area contributed by atoms with Crippen molar-refractivity contribution in [3.8, 4) is 0 Å². The van der Waals surface area contributed by atoms with Gasteiger partial charge in [-0.3, -0.25) is 0 Å². The molecular weight excluding hydrogens is 204 g/mol. The van der Waals surface area contributed by atoms with E-state index < -0.39 is 0 Å². The standard InChI is InChI=1S/C12H14N2S/c1-2-7-11-9(5-1)14-12(15-11)10-6-3-4-8-13-10/h1-2,5,7,10,13H,3-4,6,8H2/t10-/m1/s1. The molecule has 3 heteroatoms. The van der Waals surface area contributed by atoms with Gasteiger partial charge in [-0.05, 0) is 31.5 Å². The molecule has 1 aliphatic heterocycles. The average Bonchev–Trinajstić information content (AvgIpc) is 2.74. The first-order chi connectivity index (χ1) is 7.43. The van der Waals surface area contributed by atoms with Gasteiger partial charge in [0, 0.05) is 0 Å². The number of hydrogen-bond acceptors (Lipinski definition) is 3. The topological polar surface area (TPSA) is 24.9 Å². The van der Waals surface area contributed by atoms with Crippen molar-refractivity contribution in [2.24, 2.45) is 0 Å².